The predicted octanol–water partition coefficient (Wildman–Crippen LogP) is 3.96. The number of hydrogen-bond donors (Lipinski definition) is 1. The number of halogens is 10. The lowest BCUT2D eigenvalue weighted by atomic mass is 9.99. The van der Waals surface area contributed by atoms with Crippen LogP contribution in [0.15, 0.2) is 24.3 Å². The molecule has 1 saturated heterocycles. The Labute approximate surface area is 131 Å². The van der Waals surface area contributed by atoms with Crippen molar-refractivity contribution in [3.8, 4) is 0 Å². The minimum Gasteiger partial charge on any atom is -0.321 e. The zero-order valence-corrected chi connectivity index (χ0v) is 11.4. The molecular weight excluding hydrogens is 380 g/mol. The van der Waals surface area contributed by atoms with E-state index in [1.165, 1.54) is 0 Å². The highest BCUT2D eigenvalue weighted by atomic mass is 19.4. The molecule has 1 amide bonds. The van der Waals surface area contributed by atoms with Gasteiger partial charge in [0.1, 0.15) is 5.82 Å². The van der Waals surface area contributed by atoms with E-state index in [0.29, 0.717) is 6.07 Å². The second kappa shape index (κ2) is 5.22. The van der Waals surface area contributed by atoms with Gasteiger partial charge in [0.2, 0.25) is 0 Å². The summed E-state index contributed by atoms with van der Waals surface area (Å²) in [6, 6.07) is 2.77. The lowest BCUT2D eigenvalue weighted by molar-refractivity contribution is -0.366. The molecule has 0 bridgehead atoms. The van der Waals surface area contributed by atoms with E-state index in [4.69, 9.17) is 0 Å². The number of carbonyl (C=O) groups is 1. The number of benzene rings is 1. The Bertz CT molecular complexity index is 707. The van der Waals surface area contributed by atoms with Crippen molar-refractivity contribution in [3.63, 3.8) is 0 Å². The number of nitrogens with one attached hydrogen (secondary N) is 1. The van der Waals surface area contributed by atoms with Crippen molar-refractivity contribution >= 4 is 11.6 Å². The number of rotatable bonds is 3. The van der Waals surface area contributed by atoms with Crippen LogP contribution in [0.5, 0.6) is 0 Å². The van der Waals surface area contributed by atoms with Crippen LogP contribution in [-0.4, -0.2) is 35.6 Å². The van der Waals surface area contributed by atoms with Crippen LogP contribution in [0.1, 0.15) is 0 Å². The van der Waals surface area contributed by atoms with Crippen LogP contribution >= 0.6 is 0 Å². The summed E-state index contributed by atoms with van der Waals surface area (Å²) in [6.45, 7) is 0. The Morgan fingerprint density at radius 3 is 2.00 bits per heavy atom. The van der Waals surface area contributed by atoms with E-state index in [1.54, 1.807) is 0 Å². The molecule has 140 valence electrons. The van der Waals surface area contributed by atoms with E-state index in [-0.39, 0.29) is 0 Å². The maximum atomic E-state index is 13.9. The predicted molar refractivity (Wildman–Crippen MR) is 59.7 cm³/mol. The molecule has 0 spiro atoms. The van der Waals surface area contributed by atoms with E-state index in [1.807, 2.05) is 0 Å². The second-order valence-electron chi connectivity index (χ2n) is 4.90. The molecular formula is C12H5F10NO2. The monoisotopic (exact) mass is 385 g/mol. The van der Waals surface area contributed by atoms with Gasteiger partial charge < -0.3 is 5.32 Å². The van der Waals surface area contributed by atoms with Crippen LogP contribution < -0.4 is 5.32 Å². The van der Waals surface area contributed by atoms with E-state index >= 15 is 0 Å². The minimum atomic E-state index is -6.77. The fourth-order valence-corrected chi connectivity index (χ4v) is 1.87. The number of ether oxygens (including phenoxy) is 1. The van der Waals surface area contributed by atoms with Crippen molar-refractivity contribution in [2.75, 3.05) is 5.32 Å². The average molecular weight is 385 g/mol. The maximum absolute atomic E-state index is 13.9. The first kappa shape index (κ1) is 19.3. The lowest BCUT2D eigenvalue weighted by Gasteiger charge is -2.31. The first-order valence-electron chi connectivity index (χ1n) is 6.07. The molecule has 0 aromatic heterocycles. The van der Waals surface area contributed by atoms with Gasteiger partial charge in [-0.15, -0.1) is 0 Å². The molecule has 1 fully saturated rings. The fourth-order valence-electron chi connectivity index (χ4n) is 1.87. The van der Waals surface area contributed by atoms with Gasteiger partial charge in [-0.1, -0.05) is 6.07 Å². The first-order valence-corrected chi connectivity index (χ1v) is 6.07. The molecule has 3 nitrogen and oxygen atoms in total. The third-order valence-corrected chi connectivity index (χ3v) is 3.20. The average Bonchev–Trinajstić information content (AvgIpc) is 2.54. The lowest BCUT2D eigenvalue weighted by Crippen LogP contribution is -2.63. The standard InChI is InChI=1S/C12H5F10NO2/c13-5-2-1-3-6(4-5)23-7(24)8(14,15)11(20)9(16,17)10(18,19)12(21,22)25-11/h1-4H,(H,23,24). The number of alkyl halides is 9. The molecule has 1 heterocycles. The van der Waals surface area contributed by atoms with Crippen LogP contribution in [-0.2, 0) is 9.53 Å². The Balaban J connectivity index is 2.42. The Hall–Kier alpha value is -2.05. The van der Waals surface area contributed by atoms with E-state index in [2.05, 4.69) is 4.74 Å². The third kappa shape index (κ3) is 2.43. The molecule has 0 saturated carbocycles. The van der Waals surface area contributed by atoms with Crippen LogP contribution in [0.25, 0.3) is 0 Å². The van der Waals surface area contributed by atoms with Gasteiger partial charge in [-0.3, -0.25) is 9.53 Å². The van der Waals surface area contributed by atoms with Crippen molar-refractivity contribution < 1.29 is 53.4 Å². The van der Waals surface area contributed by atoms with Gasteiger partial charge in [0.15, 0.2) is 0 Å². The van der Waals surface area contributed by atoms with Crippen molar-refractivity contribution in [2.45, 2.75) is 29.7 Å². The smallest absolute Gasteiger partial charge is 0.321 e. The molecule has 1 atom stereocenters. The number of carbonyl (C=O) groups excluding carboxylic acids is 1. The SMILES string of the molecule is O=C(Nc1cccc(F)c1)C(F)(F)C1(F)OC(F)(F)C(F)(F)C1(F)F. The van der Waals surface area contributed by atoms with Crippen LogP contribution in [0.2, 0.25) is 0 Å². The summed E-state index contributed by atoms with van der Waals surface area (Å²) in [5, 5.41) is 1.05. The Kier molecular flexibility index (Phi) is 4.03. The molecule has 1 N–H and O–H groups in total. The van der Waals surface area contributed by atoms with Gasteiger partial charge >= 0.3 is 35.6 Å². The minimum absolute atomic E-state index is 0.385. The quantitative estimate of drug-likeness (QED) is 0.801. The molecule has 1 aliphatic rings. The van der Waals surface area contributed by atoms with Crippen LogP contribution in [0.4, 0.5) is 49.6 Å². The molecule has 1 aromatic carbocycles. The van der Waals surface area contributed by atoms with Gasteiger partial charge in [-0.25, -0.2) is 4.39 Å². The summed E-state index contributed by atoms with van der Waals surface area (Å²) < 4.78 is 134. The van der Waals surface area contributed by atoms with Gasteiger partial charge in [0.25, 0.3) is 0 Å². The molecule has 1 aliphatic heterocycles. The number of amides is 1. The second-order valence-corrected chi connectivity index (χ2v) is 4.90. The molecule has 2 rings (SSSR count). The Morgan fingerprint density at radius 2 is 1.56 bits per heavy atom. The van der Waals surface area contributed by atoms with E-state index < -0.39 is 47.1 Å². The third-order valence-electron chi connectivity index (χ3n) is 3.20. The Morgan fingerprint density at radius 1 is 1.00 bits per heavy atom. The van der Waals surface area contributed by atoms with Crippen molar-refractivity contribution in [1.29, 1.82) is 0 Å². The summed E-state index contributed by atoms with van der Waals surface area (Å²) >= 11 is 0. The van der Waals surface area contributed by atoms with Crippen molar-refractivity contribution in [2.24, 2.45) is 0 Å². The molecule has 25 heavy (non-hydrogen) atoms. The van der Waals surface area contributed by atoms with Gasteiger partial charge in [-0.05, 0) is 18.2 Å². The molecule has 13 heteroatoms. The summed E-state index contributed by atoms with van der Waals surface area (Å²) in [7, 11) is 0. The summed E-state index contributed by atoms with van der Waals surface area (Å²) in [5.41, 5.74) is -0.812. The highest BCUT2D eigenvalue weighted by molar-refractivity contribution is 5.97. The molecule has 0 radical (unpaired) electrons. The normalized spacial score (nSPS) is 27.1. The largest absolute Gasteiger partial charge is 0.428 e. The summed E-state index contributed by atoms with van der Waals surface area (Å²) in [6.07, 6.45) is -6.33. The van der Waals surface area contributed by atoms with Crippen LogP contribution in [0.3, 0.4) is 0 Å². The van der Waals surface area contributed by atoms with Crippen molar-refractivity contribution in [1.82, 2.24) is 0 Å². The highest BCUT2D eigenvalue weighted by Gasteiger charge is 2.96. The van der Waals surface area contributed by atoms with Gasteiger partial charge in [0.05, 0.1) is 0 Å². The fraction of sp³-hybridized carbons (Fsp3) is 0.417. The number of hydrogen-bond acceptors (Lipinski definition) is 2. The zero-order valence-electron chi connectivity index (χ0n) is 11.4. The summed E-state index contributed by atoms with van der Waals surface area (Å²) in [5.74, 6) is -30.1. The molecule has 0 aliphatic carbocycles. The van der Waals surface area contributed by atoms with Gasteiger partial charge in [0, 0.05) is 5.69 Å². The van der Waals surface area contributed by atoms with Crippen LogP contribution in [0, 0.1) is 5.82 Å². The molecule has 1 unspecified atom stereocenters. The summed E-state index contributed by atoms with van der Waals surface area (Å²) in [4.78, 5) is 11.3. The zero-order chi connectivity index (χ0) is 19.5. The topological polar surface area (TPSA) is 38.3 Å². The first-order chi connectivity index (χ1) is 11.1. The number of anilines is 1. The van der Waals surface area contributed by atoms with E-state index in [9.17, 15) is 48.7 Å². The van der Waals surface area contributed by atoms with Gasteiger partial charge in [-0.2, -0.15) is 39.5 Å². The molecule has 1 aromatic rings. The maximum Gasteiger partial charge on any atom is 0.428 e. The van der Waals surface area contributed by atoms with Crippen molar-refractivity contribution in [3.05, 3.63) is 30.1 Å². The van der Waals surface area contributed by atoms with E-state index in [0.717, 1.165) is 23.5 Å². The highest BCUT2D eigenvalue weighted by Crippen LogP contribution is 2.64.